The van der Waals surface area contributed by atoms with Crippen LogP contribution in [0.1, 0.15) is 0 Å². The third kappa shape index (κ3) is 1.92. The first-order chi connectivity index (χ1) is 8.24. The minimum atomic E-state index is 0.382. The Hall–Kier alpha value is -1.46. The van der Waals surface area contributed by atoms with Crippen molar-refractivity contribution in [1.82, 2.24) is 19.4 Å². The second-order valence-corrected chi connectivity index (χ2v) is 4.64. The van der Waals surface area contributed by atoms with E-state index in [1.807, 2.05) is 35.0 Å². The number of fused-ring (bicyclic) bond motifs is 1. The van der Waals surface area contributed by atoms with Crippen molar-refractivity contribution >= 4 is 33.2 Å². The van der Waals surface area contributed by atoms with Gasteiger partial charge in [0, 0.05) is 18.6 Å². The number of hydrogen-bond acceptors (Lipinski definition) is 3. The Bertz CT molecular complexity index is 662. The fraction of sp³-hybridized carbons (Fsp3) is 0. The predicted molar refractivity (Wildman–Crippen MR) is 68.9 cm³/mol. The summed E-state index contributed by atoms with van der Waals surface area (Å²) in [5.41, 5.74) is 1.55. The standard InChI is InChI=1S/C11H6BrClN4/c12-7-5-14-11(16-10(7)13)8-6-17-4-2-1-3-9(17)15-8/h1-6H. The van der Waals surface area contributed by atoms with Gasteiger partial charge in [-0.1, -0.05) is 17.7 Å². The van der Waals surface area contributed by atoms with Crippen molar-refractivity contribution in [1.29, 1.82) is 0 Å². The summed E-state index contributed by atoms with van der Waals surface area (Å²) in [5.74, 6) is 0.516. The van der Waals surface area contributed by atoms with E-state index < -0.39 is 0 Å². The van der Waals surface area contributed by atoms with Crippen LogP contribution in [0.3, 0.4) is 0 Å². The first-order valence-electron chi connectivity index (χ1n) is 4.86. The van der Waals surface area contributed by atoms with Gasteiger partial charge >= 0.3 is 0 Å². The van der Waals surface area contributed by atoms with E-state index in [2.05, 4.69) is 30.9 Å². The fourth-order valence-electron chi connectivity index (χ4n) is 1.51. The summed E-state index contributed by atoms with van der Waals surface area (Å²) in [5, 5.41) is 0.382. The minimum Gasteiger partial charge on any atom is -0.306 e. The average molecular weight is 310 g/mol. The van der Waals surface area contributed by atoms with E-state index in [-0.39, 0.29) is 0 Å². The number of halogens is 2. The lowest BCUT2D eigenvalue weighted by Crippen LogP contribution is -1.89. The molecule has 6 heteroatoms. The van der Waals surface area contributed by atoms with E-state index in [0.29, 0.717) is 21.1 Å². The molecule has 0 N–H and O–H groups in total. The van der Waals surface area contributed by atoms with Gasteiger partial charge in [0.15, 0.2) is 5.82 Å². The molecule has 3 aromatic heterocycles. The molecule has 0 aliphatic carbocycles. The number of nitrogens with zero attached hydrogens (tertiary/aromatic N) is 4. The van der Waals surface area contributed by atoms with Crippen LogP contribution >= 0.6 is 27.5 Å². The molecule has 0 aromatic carbocycles. The molecule has 0 aliphatic heterocycles. The summed E-state index contributed by atoms with van der Waals surface area (Å²) >= 11 is 9.18. The van der Waals surface area contributed by atoms with Crippen LogP contribution in [0.15, 0.2) is 41.3 Å². The van der Waals surface area contributed by atoms with Gasteiger partial charge in [0.25, 0.3) is 0 Å². The Morgan fingerprint density at radius 2 is 2.12 bits per heavy atom. The summed E-state index contributed by atoms with van der Waals surface area (Å²) < 4.78 is 2.58. The van der Waals surface area contributed by atoms with Gasteiger partial charge in [-0.15, -0.1) is 0 Å². The largest absolute Gasteiger partial charge is 0.306 e. The second kappa shape index (κ2) is 4.09. The van der Waals surface area contributed by atoms with Gasteiger partial charge in [0.1, 0.15) is 16.5 Å². The molecule has 0 fully saturated rings. The lowest BCUT2D eigenvalue weighted by atomic mass is 10.4. The van der Waals surface area contributed by atoms with Gasteiger partial charge in [-0.2, -0.15) is 0 Å². The van der Waals surface area contributed by atoms with E-state index in [0.717, 1.165) is 5.65 Å². The zero-order valence-electron chi connectivity index (χ0n) is 8.51. The molecule has 0 aliphatic rings. The molecule has 0 bridgehead atoms. The zero-order valence-corrected chi connectivity index (χ0v) is 10.9. The molecule has 0 saturated carbocycles. The minimum absolute atomic E-state index is 0.382. The topological polar surface area (TPSA) is 43.1 Å². The third-order valence-electron chi connectivity index (χ3n) is 2.29. The molecule has 4 nitrogen and oxygen atoms in total. The second-order valence-electron chi connectivity index (χ2n) is 3.42. The van der Waals surface area contributed by atoms with Crippen molar-refractivity contribution in [2.45, 2.75) is 0 Å². The van der Waals surface area contributed by atoms with Gasteiger partial charge < -0.3 is 4.40 Å². The maximum absolute atomic E-state index is 5.93. The Morgan fingerprint density at radius 1 is 1.24 bits per heavy atom. The monoisotopic (exact) mass is 308 g/mol. The number of imidazole rings is 1. The Kier molecular flexibility index (Phi) is 2.57. The van der Waals surface area contributed by atoms with Crippen LogP contribution in [0.4, 0.5) is 0 Å². The van der Waals surface area contributed by atoms with Gasteiger partial charge in [-0.3, -0.25) is 0 Å². The predicted octanol–water partition coefficient (Wildman–Crippen LogP) is 3.21. The molecule has 0 amide bonds. The summed E-state index contributed by atoms with van der Waals surface area (Å²) in [7, 11) is 0. The molecule has 3 aromatic rings. The maximum Gasteiger partial charge on any atom is 0.181 e. The van der Waals surface area contributed by atoms with Crippen LogP contribution in [0.25, 0.3) is 17.2 Å². The van der Waals surface area contributed by atoms with Gasteiger partial charge in [0.2, 0.25) is 0 Å². The SMILES string of the molecule is Clc1nc(-c2cn3ccccc3n2)ncc1Br. The number of pyridine rings is 1. The van der Waals surface area contributed by atoms with E-state index in [4.69, 9.17) is 11.6 Å². The highest BCUT2D eigenvalue weighted by Crippen LogP contribution is 2.22. The Labute approximate surface area is 110 Å². The summed E-state index contributed by atoms with van der Waals surface area (Å²) in [6.07, 6.45) is 5.41. The number of aromatic nitrogens is 4. The van der Waals surface area contributed by atoms with Crippen molar-refractivity contribution in [2.75, 3.05) is 0 Å². The highest BCUT2D eigenvalue weighted by atomic mass is 79.9. The number of rotatable bonds is 1. The highest BCUT2D eigenvalue weighted by Gasteiger charge is 2.08. The van der Waals surface area contributed by atoms with Crippen molar-refractivity contribution in [3.63, 3.8) is 0 Å². The van der Waals surface area contributed by atoms with Crippen LogP contribution in [0, 0.1) is 0 Å². The van der Waals surface area contributed by atoms with Crippen LogP contribution in [-0.4, -0.2) is 19.4 Å². The van der Waals surface area contributed by atoms with Crippen LogP contribution < -0.4 is 0 Å². The molecule has 3 heterocycles. The molecule has 0 unspecified atom stereocenters. The third-order valence-corrected chi connectivity index (χ3v) is 3.39. The average Bonchev–Trinajstić information content (AvgIpc) is 2.76. The normalized spacial score (nSPS) is 10.9. The molecule has 0 saturated heterocycles. The maximum atomic E-state index is 5.93. The molecule has 84 valence electrons. The van der Waals surface area contributed by atoms with E-state index in [9.17, 15) is 0 Å². The molecular weight excluding hydrogens is 304 g/mol. The van der Waals surface area contributed by atoms with Crippen LogP contribution in [0.5, 0.6) is 0 Å². The molecule has 17 heavy (non-hydrogen) atoms. The molecular formula is C11H6BrClN4. The van der Waals surface area contributed by atoms with Crippen LogP contribution in [-0.2, 0) is 0 Å². The Morgan fingerprint density at radius 3 is 2.88 bits per heavy atom. The number of hydrogen-bond donors (Lipinski definition) is 0. The Balaban J connectivity index is 2.17. The van der Waals surface area contributed by atoms with Gasteiger partial charge in [-0.05, 0) is 28.1 Å². The van der Waals surface area contributed by atoms with Gasteiger partial charge in [-0.25, -0.2) is 15.0 Å². The van der Waals surface area contributed by atoms with Crippen molar-refractivity contribution in [3.05, 3.63) is 46.4 Å². The lowest BCUT2D eigenvalue weighted by molar-refractivity contribution is 1.14. The highest BCUT2D eigenvalue weighted by molar-refractivity contribution is 9.10. The molecule has 0 atom stereocenters. The summed E-state index contributed by atoms with van der Waals surface area (Å²) in [4.78, 5) is 12.8. The van der Waals surface area contributed by atoms with Gasteiger partial charge in [0.05, 0.1) is 4.47 Å². The first kappa shape index (κ1) is 10.7. The van der Waals surface area contributed by atoms with E-state index in [1.54, 1.807) is 6.20 Å². The quantitative estimate of drug-likeness (QED) is 0.648. The summed E-state index contributed by atoms with van der Waals surface area (Å²) in [6.45, 7) is 0. The summed E-state index contributed by atoms with van der Waals surface area (Å²) in [6, 6.07) is 5.79. The van der Waals surface area contributed by atoms with Crippen molar-refractivity contribution < 1.29 is 0 Å². The first-order valence-corrected chi connectivity index (χ1v) is 6.03. The lowest BCUT2D eigenvalue weighted by Gasteiger charge is -1.96. The molecule has 3 rings (SSSR count). The van der Waals surface area contributed by atoms with E-state index in [1.165, 1.54) is 0 Å². The van der Waals surface area contributed by atoms with Crippen molar-refractivity contribution in [3.8, 4) is 11.5 Å². The van der Waals surface area contributed by atoms with Crippen LogP contribution in [0.2, 0.25) is 5.15 Å². The van der Waals surface area contributed by atoms with Crippen molar-refractivity contribution in [2.24, 2.45) is 0 Å². The molecule has 0 spiro atoms. The zero-order chi connectivity index (χ0) is 11.8. The van der Waals surface area contributed by atoms with E-state index >= 15 is 0 Å². The molecule has 0 radical (unpaired) electrons. The smallest absolute Gasteiger partial charge is 0.181 e. The fourth-order valence-corrected chi connectivity index (χ4v) is 1.83.